The van der Waals surface area contributed by atoms with Crippen LogP contribution in [0.3, 0.4) is 0 Å². The topological polar surface area (TPSA) is 18.5 Å². The Morgan fingerprint density at radius 3 is 2.75 bits per heavy atom. The summed E-state index contributed by atoms with van der Waals surface area (Å²) in [7, 11) is 0. The Balaban J connectivity index is 2.00. The molecule has 1 aliphatic heterocycles. The van der Waals surface area contributed by atoms with Crippen LogP contribution in [0.4, 0.5) is 0 Å². The molecule has 88 valence electrons. The van der Waals surface area contributed by atoms with Gasteiger partial charge in [-0.05, 0) is 24.1 Å². The van der Waals surface area contributed by atoms with E-state index in [1.54, 1.807) is 0 Å². The highest BCUT2D eigenvalue weighted by molar-refractivity contribution is 14.1. The predicted octanol–water partition coefficient (Wildman–Crippen LogP) is 3.73. The number of ether oxygens (including phenoxy) is 2. The van der Waals surface area contributed by atoms with Crippen molar-refractivity contribution in [3.05, 3.63) is 34.3 Å². The first-order chi connectivity index (χ1) is 7.79. The molecule has 1 fully saturated rings. The lowest BCUT2D eigenvalue weighted by atomic mass is 10.1. The third kappa shape index (κ3) is 3.42. The van der Waals surface area contributed by atoms with Gasteiger partial charge in [0.1, 0.15) is 0 Å². The third-order valence-electron chi connectivity index (χ3n) is 2.63. The molecule has 0 N–H and O–H groups in total. The van der Waals surface area contributed by atoms with E-state index in [1.165, 1.54) is 5.56 Å². The molecular weight excluding hydrogens is 383 g/mol. The summed E-state index contributed by atoms with van der Waals surface area (Å²) in [6, 6.07) is 8.35. The van der Waals surface area contributed by atoms with E-state index in [2.05, 4.69) is 62.8 Å². The van der Waals surface area contributed by atoms with Gasteiger partial charge < -0.3 is 9.47 Å². The summed E-state index contributed by atoms with van der Waals surface area (Å²) in [6.07, 6.45) is 1.47. The predicted molar refractivity (Wildman–Crippen MR) is 76.1 cm³/mol. The van der Waals surface area contributed by atoms with Crippen LogP contribution in [0.1, 0.15) is 18.1 Å². The van der Waals surface area contributed by atoms with E-state index in [1.807, 2.05) is 0 Å². The summed E-state index contributed by atoms with van der Waals surface area (Å²) in [4.78, 5) is 0. The molecule has 0 aromatic heterocycles. The number of benzene rings is 1. The van der Waals surface area contributed by atoms with E-state index in [-0.39, 0.29) is 12.2 Å². The fraction of sp³-hybridized carbons (Fsp3) is 0.500. The first-order valence-electron chi connectivity index (χ1n) is 5.34. The number of hydrogen-bond donors (Lipinski definition) is 0. The molecule has 0 bridgehead atoms. The fourth-order valence-electron chi connectivity index (χ4n) is 1.73. The lowest BCUT2D eigenvalue weighted by molar-refractivity contribution is -0.00384. The fourth-order valence-corrected chi connectivity index (χ4v) is 2.71. The summed E-state index contributed by atoms with van der Waals surface area (Å²) in [5.41, 5.74) is 1.24. The molecule has 2 atom stereocenters. The molecule has 2 rings (SSSR count). The lowest BCUT2D eigenvalue weighted by Crippen LogP contribution is -2.17. The van der Waals surface area contributed by atoms with Crippen molar-refractivity contribution in [2.24, 2.45) is 0 Å². The summed E-state index contributed by atoms with van der Waals surface area (Å²) in [6.45, 7) is 1.57. The Kier molecular flexibility index (Phi) is 5.06. The summed E-state index contributed by atoms with van der Waals surface area (Å²) in [5.74, 6) is 0. The van der Waals surface area contributed by atoms with E-state index in [4.69, 9.17) is 9.47 Å². The molecule has 1 aliphatic rings. The summed E-state index contributed by atoms with van der Waals surface area (Å²) < 4.78 is 13.4. The van der Waals surface area contributed by atoms with Gasteiger partial charge in [-0.3, -0.25) is 0 Å². The van der Waals surface area contributed by atoms with Crippen molar-refractivity contribution >= 4 is 38.5 Å². The van der Waals surface area contributed by atoms with Gasteiger partial charge in [-0.15, -0.1) is 0 Å². The molecule has 0 radical (unpaired) electrons. The van der Waals surface area contributed by atoms with Gasteiger partial charge in [0.25, 0.3) is 0 Å². The first-order valence-corrected chi connectivity index (χ1v) is 7.66. The van der Waals surface area contributed by atoms with Gasteiger partial charge in [0.05, 0.1) is 18.8 Å². The minimum Gasteiger partial charge on any atom is -0.379 e. The molecular formula is C12H14BrIO2. The average Bonchev–Trinajstić information content (AvgIpc) is 2.80. The van der Waals surface area contributed by atoms with Crippen molar-refractivity contribution in [2.45, 2.75) is 18.6 Å². The van der Waals surface area contributed by atoms with Crippen LogP contribution in [0, 0.1) is 0 Å². The van der Waals surface area contributed by atoms with Crippen LogP contribution in [-0.4, -0.2) is 23.7 Å². The van der Waals surface area contributed by atoms with Crippen LogP contribution >= 0.6 is 38.5 Å². The van der Waals surface area contributed by atoms with E-state index >= 15 is 0 Å². The summed E-state index contributed by atoms with van der Waals surface area (Å²) >= 11 is 5.81. The zero-order chi connectivity index (χ0) is 11.4. The van der Waals surface area contributed by atoms with E-state index in [9.17, 15) is 0 Å². The maximum atomic E-state index is 6.04. The number of halogens is 2. The maximum Gasteiger partial charge on any atom is 0.0919 e. The van der Waals surface area contributed by atoms with E-state index in [0.29, 0.717) is 0 Å². The quantitative estimate of drug-likeness (QED) is 0.570. The van der Waals surface area contributed by atoms with E-state index in [0.717, 1.165) is 28.5 Å². The molecule has 0 amide bonds. The summed E-state index contributed by atoms with van der Waals surface area (Å²) in [5, 5.41) is 0. The molecule has 4 heteroatoms. The van der Waals surface area contributed by atoms with Crippen LogP contribution in [0.15, 0.2) is 28.7 Å². The molecule has 0 saturated carbocycles. The molecule has 2 nitrogen and oxygen atoms in total. The Morgan fingerprint density at radius 2 is 2.19 bits per heavy atom. The average molecular weight is 397 g/mol. The zero-order valence-corrected chi connectivity index (χ0v) is 12.6. The second-order valence-electron chi connectivity index (χ2n) is 3.82. The lowest BCUT2D eigenvalue weighted by Gasteiger charge is -2.19. The second-order valence-corrected chi connectivity index (χ2v) is 5.61. The Hall–Kier alpha value is 0.350. The molecule has 16 heavy (non-hydrogen) atoms. The van der Waals surface area contributed by atoms with E-state index < -0.39 is 0 Å². The first kappa shape index (κ1) is 12.8. The number of rotatable bonds is 4. The van der Waals surface area contributed by atoms with Crippen LogP contribution in [0.25, 0.3) is 0 Å². The Morgan fingerprint density at radius 1 is 1.44 bits per heavy atom. The largest absolute Gasteiger partial charge is 0.379 e. The molecule has 1 heterocycles. The SMILES string of the molecule is Brc1ccc(C(CI)OC2CCOC2)cc1. The van der Waals surface area contributed by atoms with Gasteiger partial charge in [-0.2, -0.15) is 0 Å². The van der Waals surface area contributed by atoms with Crippen LogP contribution < -0.4 is 0 Å². The van der Waals surface area contributed by atoms with Gasteiger partial charge in [-0.25, -0.2) is 0 Å². The number of alkyl halides is 1. The molecule has 0 aliphatic carbocycles. The minimum absolute atomic E-state index is 0.181. The van der Waals surface area contributed by atoms with Crippen molar-refractivity contribution in [3.8, 4) is 0 Å². The monoisotopic (exact) mass is 396 g/mol. The van der Waals surface area contributed by atoms with Gasteiger partial charge in [0.2, 0.25) is 0 Å². The van der Waals surface area contributed by atoms with Crippen molar-refractivity contribution in [2.75, 3.05) is 17.6 Å². The third-order valence-corrected chi connectivity index (χ3v) is 3.96. The molecule has 2 unspecified atom stereocenters. The zero-order valence-electron chi connectivity index (χ0n) is 8.86. The van der Waals surface area contributed by atoms with Crippen LogP contribution in [0.2, 0.25) is 0 Å². The van der Waals surface area contributed by atoms with Gasteiger partial charge >= 0.3 is 0 Å². The Labute approximate surface area is 118 Å². The van der Waals surface area contributed by atoms with Gasteiger partial charge in [0.15, 0.2) is 0 Å². The smallest absolute Gasteiger partial charge is 0.0919 e. The van der Waals surface area contributed by atoms with Gasteiger partial charge in [0, 0.05) is 15.5 Å². The standard InChI is InChI=1S/C12H14BrIO2/c13-10-3-1-9(2-4-10)12(7-14)16-11-5-6-15-8-11/h1-4,11-12H,5-8H2. The second kappa shape index (κ2) is 6.33. The molecule has 1 aromatic carbocycles. The van der Waals surface area contributed by atoms with Crippen LogP contribution in [-0.2, 0) is 9.47 Å². The normalized spacial score (nSPS) is 22.2. The van der Waals surface area contributed by atoms with Crippen molar-refractivity contribution in [3.63, 3.8) is 0 Å². The molecule has 1 aromatic rings. The highest BCUT2D eigenvalue weighted by Gasteiger charge is 2.21. The maximum absolute atomic E-state index is 6.04. The van der Waals surface area contributed by atoms with Gasteiger partial charge in [-0.1, -0.05) is 50.7 Å². The molecule has 0 spiro atoms. The van der Waals surface area contributed by atoms with Crippen LogP contribution in [0.5, 0.6) is 0 Å². The Bertz CT molecular complexity index is 322. The highest BCUT2D eigenvalue weighted by Crippen LogP contribution is 2.25. The van der Waals surface area contributed by atoms with Crippen molar-refractivity contribution in [1.82, 2.24) is 0 Å². The molecule has 1 saturated heterocycles. The number of hydrogen-bond acceptors (Lipinski definition) is 2. The van der Waals surface area contributed by atoms with Crippen molar-refractivity contribution < 1.29 is 9.47 Å². The minimum atomic E-state index is 0.181. The van der Waals surface area contributed by atoms with Crippen molar-refractivity contribution in [1.29, 1.82) is 0 Å². The highest BCUT2D eigenvalue weighted by atomic mass is 127.